The summed E-state index contributed by atoms with van der Waals surface area (Å²) in [6.07, 6.45) is -2.69. The first-order chi connectivity index (χ1) is 12.4. The van der Waals surface area contributed by atoms with Gasteiger partial charge >= 0.3 is 6.18 Å². The van der Waals surface area contributed by atoms with Crippen LogP contribution in [0.2, 0.25) is 0 Å². The van der Waals surface area contributed by atoms with Crippen LogP contribution in [0.3, 0.4) is 0 Å². The molecule has 5 nitrogen and oxygen atoms in total. The van der Waals surface area contributed by atoms with Gasteiger partial charge in [0.2, 0.25) is 0 Å². The molecule has 3 aromatic rings. The minimum absolute atomic E-state index is 0.400. The number of hydrogen-bond donors (Lipinski definition) is 1. The number of fused-ring (bicyclic) bond motifs is 1. The molecule has 1 aromatic carbocycles. The number of halogens is 3. The number of aromatic amines is 1. The van der Waals surface area contributed by atoms with E-state index in [4.69, 9.17) is 0 Å². The average molecular weight is 361 g/mol. The Hall–Kier alpha value is -2.61. The molecule has 0 saturated carbocycles. The maximum Gasteiger partial charge on any atom is 0.416 e. The summed E-state index contributed by atoms with van der Waals surface area (Å²) in [6, 6.07) is 7.04. The van der Waals surface area contributed by atoms with Gasteiger partial charge in [-0.15, -0.1) is 0 Å². The molecule has 1 aliphatic rings. The molecule has 8 heteroatoms. The number of hydrogen-bond acceptors (Lipinski definition) is 4. The van der Waals surface area contributed by atoms with Crippen LogP contribution in [0.1, 0.15) is 5.56 Å². The summed E-state index contributed by atoms with van der Waals surface area (Å²) < 4.78 is 38.8. The van der Waals surface area contributed by atoms with Crippen LogP contribution in [0.4, 0.5) is 19.0 Å². The number of pyridine rings is 1. The second-order valence-electron chi connectivity index (χ2n) is 6.51. The van der Waals surface area contributed by atoms with E-state index < -0.39 is 11.7 Å². The Morgan fingerprint density at radius 3 is 2.58 bits per heavy atom. The molecule has 0 radical (unpaired) electrons. The Morgan fingerprint density at radius 1 is 1.08 bits per heavy atom. The molecule has 0 spiro atoms. The van der Waals surface area contributed by atoms with Crippen molar-refractivity contribution in [2.45, 2.75) is 6.18 Å². The van der Waals surface area contributed by atoms with Crippen molar-refractivity contribution in [1.82, 2.24) is 19.9 Å². The number of nitrogens with zero attached hydrogens (tertiary/aromatic N) is 4. The molecule has 1 saturated heterocycles. The summed E-state index contributed by atoms with van der Waals surface area (Å²) in [5.41, 5.74) is 1.11. The van der Waals surface area contributed by atoms with Gasteiger partial charge in [-0.2, -0.15) is 13.2 Å². The first kappa shape index (κ1) is 16.8. The molecule has 136 valence electrons. The minimum Gasteiger partial charge on any atom is -0.354 e. The maximum absolute atomic E-state index is 12.9. The lowest BCUT2D eigenvalue weighted by molar-refractivity contribution is -0.137. The van der Waals surface area contributed by atoms with Gasteiger partial charge in [0.15, 0.2) is 0 Å². The number of rotatable bonds is 2. The van der Waals surface area contributed by atoms with E-state index in [1.54, 1.807) is 12.3 Å². The van der Waals surface area contributed by atoms with E-state index in [2.05, 4.69) is 31.8 Å². The zero-order valence-electron chi connectivity index (χ0n) is 14.2. The molecule has 0 amide bonds. The van der Waals surface area contributed by atoms with E-state index in [1.807, 2.05) is 6.07 Å². The summed E-state index contributed by atoms with van der Waals surface area (Å²) in [4.78, 5) is 16.5. The molecule has 26 heavy (non-hydrogen) atoms. The van der Waals surface area contributed by atoms with E-state index >= 15 is 0 Å². The van der Waals surface area contributed by atoms with E-state index in [1.165, 1.54) is 6.07 Å². The molecule has 1 N–H and O–H groups in total. The van der Waals surface area contributed by atoms with Gasteiger partial charge in [0, 0.05) is 37.8 Å². The van der Waals surface area contributed by atoms with Gasteiger partial charge in [0.25, 0.3) is 0 Å². The predicted octanol–water partition coefficient (Wildman–Crippen LogP) is 3.40. The molecule has 2 aromatic heterocycles. The number of nitrogens with one attached hydrogen (secondary N) is 1. The highest BCUT2D eigenvalue weighted by Crippen LogP contribution is 2.32. The first-order valence-electron chi connectivity index (χ1n) is 8.37. The second-order valence-corrected chi connectivity index (χ2v) is 6.51. The minimum atomic E-state index is -4.38. The molecule has 0 bridgehead atoms. The lowest BCUT2D eigenvalue weighted by atomic mass is 10.1. The fourth-order valence-electron chi connectivity index (χ4n) is 3.09. The van der Waals surface area contributed by atoms with Crippen LogP contribution in [0.15, 0.2) is 36.5 Å². The van der Waals surface area contributed by atoms with Gasteiger partial charge in [-0.05, 0) is 19.2 Å². The summed E-state index contributed by atoms with van der Waals surface area (Å²) in [5, 5.41) is 0. The van der Waals surface area contributed by atoms with Gasteiger partial charge in [-0.1, -0.05) is 12.1 Å². The van der Waals surface area contributed by atoms with Crippen molar-refractivity contribution in [2.75, 3.05) is 38.1 Å². The fraction of sp³-hybridized carbons (Fsp3) is 0.333. The normalized spacial score (nSPS) is 16.4. The van der Waals surface area contributed by atoms with Crippen LogP contribution in [0.25, 0.3) is 22.4 Å². The number of benzene rings is 1. The van der Waals surface area contributed by atoms with Crippen molar-refractivity contribution >= 4 is 16.9 Å². The summed E-state index contributed by atoms with van der Waals surface area (Å²) in [7, 11) is 2.09. The summed E-state index contributed by atoms with van der Waals surface area (Å²) >= 11 is 0. The van der Waals surface area contributed by atoms with Crippen molar-refractivity contribution in [2.24, 2.45) is 0 Å². The molecule has 0 unspecified atom stereocenters. The first-order valence-corrected chi connectivity index (χ1v) is 8.37. The topological polar surface area (TPSA) is 48.0 Å². The Bertz CT molecular complexity index is 926. The largest absolute Gasteiger partial charge is 0.416 e. The third kappa shape index (κ3) is 3.24. The monoisotopic (exact) mass is 361 g/mol. The quantitative estimate of drug-likeness (QED) is 0.760. The van der Waals surface area contributed by atoms with Gasteiger partial charge in [0.05, 0.1) is 22.8 Å². The zero-order chi connectivity index (χ0) is 18.3. The van der Waals surface area contributed by atoms with Gasteiger partial charge < -0.3 is 14.8 Å². The second kappa shape index (κ2) is 6.28. The lowest BCUT2D eigenvalue weighted by Gasteiger charge is -2.33. The third-order valence-electron chi connectivity index (χ3n) is 4.64. The number of piperazine rings is 1. The number of aromatic nitrogens is 3. The van der Waals surface area contributed by atoms with E-state index in [0.717, 1.165) is 44.1 Å². The molecular formula is C18H18F3N5. The molecule has 1 fully saturated rings. The molecule has 0 aliphatic carbocycles. The summed E-state index contributed by atoms with van der Waals surface area (Å²) in [6.45, 7) is 3.71. The Labute approximate surface area is 148 Å². The average Bonchev–Trinajstić information content (AvgIpc) is 3.05. The van der Waals surface area contributed by atoms with Crippen LogP contribution in [0, 0.1) is 0 Å². The number of likely N-dealkylation sites (N-methyl/N-ethyl adjacent to an activating group) is 1. The SMILES string of the molecule is CN1CCN(c2cc3nc(-c4cccc(C(F)(F)F)c4)[nH]c3cn2)CC1. The standard InChI is InChI=1S/C18H18F3N5/c1-25-5-7-26(8-6-25)16-10-14-15(11-22-16)24-17(23-14)12-3-2-4-13(9-12)18(19,20)21/h2-4,9-11H,5-8H2,1H3,(H,23,24). The number of anilines is 1. The number of alkyl halides is 3. The molecular weight excluding hydrogens is 343 g/mol. The van der Waals surface area contributed by atoms with Crippen molar-refractivity contribution in [1.29, 1.82) is 0 Å². The highest BCUT2D eigenvalue weighted by molar-refractivity contribution is 5.81. The smallest absolute Gasteiger partial charge is 0.354 e. The lowest BCUT2D eigenvalue weighted by Crippen LogP contribution is -2.44. The van der Waals surface area contributed by atoms with Crippen LogP contribution in [-0.2, 0) is 6.18 Å². The van der Waals surface area contributed by atoms with Crippen LogP contribution >= 0.6 is 0 Å². The van der Waals surface area contributed by atoms with Crippen LogP contribution in [0.5, 0.6) is 0 Å². The van der Waals surface area contributed by atoms with Crippen molar-refractivity contribution in [3.8, 4) is 11.4 Å². The number of imidazole rings is 1. The van der Waals surface area contributed by atoms with E-state index in [0.29, 0.717) is 22.4 Å². The Balaban J connectivity index is 1.66. The van der Waals surface area contributed by atoms with Gasteiger partial charge in [-0.25, -0.2) is 9.97 Å². The summed E-state index contributed by atoms with van der Waals surface area (Å²) in [5.74, 6) is 1.25. The van der Waals surface area contributed by atoms with Crippen molar-refractivity contribution in [3.63, 3.8) is 0 Å². The van der Waals surface area contributed by atoms with Gasteiger partial charge in [0.1, 0.15) is 11.6 Å². The molecule has 1 aliphatic heterocycles. The highest BCUT2D eigenvalue weighted by Gasteiger charge is 2.30. The Morgan fingerprint density at radius 2 is 1.85 bits per heavy atom. The van der Waals surface area contributed by atoms with Crippen molar-refractivity contribution in [3.05, 3.63) is 42.1 Å². The van der Waals surface area contributed by atoms with Gasteiger partial charge in [-0.3, -0.25) is 0 Å². The fourth-order valence-corrected chi connectivity index (χ4v) is 3.09. The van der Waals surface area contributed by atoms with E-state index in [9.17, 15) is 13.2 Å². The van der Waals surface area contributed by atoms with Crippen molar-refractivity contribution < 1.29 is 13.2 Å². The van der Waals surface area contributed by atoms with E-state index in [-0.39, 0.29) is 0 Å². The molecule has 0 atom stereocenters. The maximum atomic E-state index is 12.9. The third-order valence-corrected chi connectivity index (χ3v) is 4.64. The molecule has 3 heterocycles. The predicted molar refractivity (Wildman–Crippen MR) is 94.0 cm³/mol. The zero-order valence-corrected chi connectivity index (χ0v) is 14.2. The highest BCUT2D eigenvalue weighted by atomic mass is 19.4. The molecule has 4 rings (SSSR count). The van der Waals surface area contributed by atoms with Crippen LogP contribution < -0.4 is 4.90 Å². The van der Waals surface area contributed by atoms with Crippen LogP contribution in [-0.4, -0.2) is 53.1 Å². The number of H-pyrrole nitrogens is 1. The Kier molecular flexibility index (Phi) is 4.07.